The van der Waals surface area contributed by atoms with Gasteiger partial charge >= 0.3 is 19.8 Å². The maximum absolute atomic E-state index is 12.1. The first-order valence-electron chi connectivity index (χ1n) is 16.0. The lowest BCUT2D eigenvalue weighted by molar-refractivity contribution is -0.147. The van der Waals surface area contributed by atoms with Crippen LogP contribution in [0.2, 0.25) is 0 Å². The van der Waals surface area contributed by atoms with Crippen molar-refractivity contribution in [1.82, 2.24) is 5.32 Å². The topological polar surface area (TPSA) is 169 Å². The Morgan fingerprint density at radius 1 is 0.750 bits per heavy atom. The third-order valence-electron chi connectivity index (χ3n) is 6.44. The van der Waals surface area contributed by atoms with Gasteiger partial charge in [-0.1, -0.05) is 95.2 Å². The number of rotatable bonds is 29. The standard InChI is InChI=1S/C32H56NO10P/c1-3-5-7-9-10-11-12-13-14-15-16-17-18-20-22-24-31(36)41-25-28(34)26-42-44(39,40)43-27-29(32(37)38)33-30(35)23-21-19-8-6-4-2/h5,7,10-11,13-14,28-29,34H,3-4,6,8-9,12,15-27H2,1-2H3,(H,33,35)(H,37,38)(H,39,40)/b7-5-,11-10-,14-13-. The van der Waals surface area contributed by atoms with Gasteiger partial charge in [-0.2, -0.15) is 0 Å². The number of unbranched alkanes of at least 4 members (excludes halogenated alkanes) is 9. The second-order valence-corrected chi connectivity index (χ2v) is 12.1. The third-order valence-corrected chi connectivity index (χ3v) is 7.39. The van der Waals surface area contributed by atoms with Crippen molar-refractivity contribution in [2.75, 3.05) is 19.8 Å². The van der Waals surface area contributed by atoms with Gasteiger partial charge in [-0.25, -0.2) is 9.36 Å². The van der Waals surface area contributed by atoms with Crippen molar-refractivity contribution in [3.05, 3.63) is 36.5 Å². The zero-order valence-corrected chi connectivity index (χ0v) is 27.6. The summed E-state index contributed by atoms with van der Waals surface area (Å²) in [5.41, 5.74) is 0. The lowest BCUT2D eigenvalue weighted by atomic mass is 10.1. The number of aliphatic carboxylic acids is 1. The molecule has 3 unspecified atom stereocenters. The number of allylic oxidation sites excluding steroid dienone is 6. The molecule has 0 aliphatic heterocycles. The Morgan fingerprint density at radius 2 is 1.32 bits per heavy atom. The number of carbonyl (C=O) groups excluding carboxylic acids is 2. The normalized spacial score (nSPS) is 14.6. The van der Waals surface area contributed by atoms with E-state index in [4.69, 9.17) is 9.26 Å². The fraction of sp³-hybridized carbons (Fsp3) is 0.719. The van der Waals surface area contributed by atoms with Crippen molar-refractivity contribution in [1.29, 1.82) is 0 Å². The van der Waals surface area contributed by atoms with Gasteiger partial charge in [0, 0.05) is 12.8 Å². The lowest BCUT2D eigenvalue weighted by Gasteiger charge is -2.18. The molecule has 44 heavy (non-hydrogen) atoms. The predicted octanol–water partition coefficient (Wildman–Crippen LogP) is 6.54. The van der Waals surface area contributed by atoms with E-state index in [-0.39, 0.29) is 12.8 Å². The van der Waals surface area contributed by atoms with Gasteiger partial charge in [0.1, 0.15) is 12.7 Å². The van der Waals surface area contributed by atoms with Crippen molar-refractivity contribution in [3.63, 3.8) is 0 Å². The Labute approximate surface area is 263 Å². The average Bonchev–Trinajstić information content (AvgIpc) is 2.98. The van der Waals surface area contributed by atoms with E-state index in [1.807, 2.05) is 0 Å². The first-order valence-corrected chi connectivity index (χ1v) is 17.5. The van der Waals surface area contributed by atoms with Crippen LogP contribution in [0.4, 0.5) is 0 Å². The number of hydrogen-bond acceptors (Lipinski definition) is 8. The number of phosphoric ester groups is 1. The Kier molecular flexibility index (Phi) is 26.7. The number of phosphoric acid groups is 1. The third kappa shape index (κ3) is 27.3. The van der Waals surface area contributed by atoms with Crippen LogP contribution < -0.4 is 5.32 Å². The van der Waals surface area contributed by atoms with Gasteiger partial charge in [0.2, 0.25) is 5.91 Å². The minimum atomic E-state index is -4.74. The first kappa shape index (κ1) is 41.7. The van der Waals surface area contributed by atoms with E-state index in [0.717, 1.165) is 77.0 Å². The molecule has 0 heterocycles. The summed E-state index contributed by atoms with van der Waals surface area (Å²) in [5, 5.41) is 21.5. The number of amides is 1. The van der Waals surface area contributed by atoms with Crippen LogP contribution >= 0.6 is 7.82 Å². The summed E-state index contributed by atoms with van der Waals surface area (Å²) in [6, 6.07) is -1.54. The summed E-state index contributed by atoms with van der Waals surface area (Å²) >= 11 is 0. The van der Waals surface area contributed by atoms with Crippen molar-refractivity contribution in [2.45, 2.75) is 129 Å². The van der Waals surface area contributed by atoms with E-state index in [0.29, 0.717) is 12.8 Å². The van der Waals surface area contributed by atoms with E-state index in [2.05, 4.69) is 60.1 Å². The smallest absolute Gasteiger partial charge is 0.472 e. The van der Waals surface area contributed by atoms with Gasteiger partial charge in [-0.3, -0.25) is 18.6 Å². The fourth-order valence-electron chi connectivity index (χ4n) is 3.91. The lowest BCUT2D eigenvalue weighted by Crippen LogP contribution is -2.43. The van der Waals surface area contributed by atoms with E-state index >= 15 is 0 Å². The Bertz CT molecular complexity index is 905. The highest BCUT2D eigenvalue weighted by Crippen LogP contribution is 2.43. The van der Waals surface area contributed by atoms with E-state index in [9.17, 15) is 34.1 Å². The Balaban J connectivity index is 3.99. The number of aliphatic hydroxyl groups excluding tert-OH is 1. The number of carbonyl (C=O) groups is 3. The summed E-state index contributed by atoms with van der Waals surface area (Å²) in [6.45, 7) is 2.28. The minimum absolute atomic E-state index is 0.139. The maximum Gasteiger partial charge on any atom is 0.472 e. The summed E-state index contributed by atoms with van der Waals surface area (Å²) in [5.74, 6) is -2.42. The molecule has 0 radical (unpaired) electrons. The van der Waals surface area contributed by atoms with Crippen LogP contribution in [0.15, 0.2) is 36.5 Å². The van der Waals surface area contributed by atoms with Crippen LogP contribution in [-0.4, -0.2) is 64.9 Å². The highest BCUT2D eigenvalue weighted by molar-refractivity contribution is 7.47. The molecule has 0 aromatic carbocycles. The van der Waals surface area contributed by atoms with Crippen molar-refractivity contribution in [2.24, 2.45) is 0 Å². The molecule has 254 valence electrons. The largest absolute Gasteiger partial charge is 0.480 e. The van der Waals surface area contributed by atoms with Crippen LogP contribution in [0.25, 0.3) is 0 Å². The van der Waals surface area contributed by atoms with E-state index in [1.54, 1.807) is 0 Å². The molecule has 0 fully saturated rings. The first-order chi connectivity index (χ1) is 21.1. The monoisotopic (exact) mass is 645 g/mol. The molecule has 0 aliphatic carbocycles. The highest BCUT2D eigenvalue weighted by Gasteiger charge is 2.28. The van der Waals surface area contributed by atoms with Gasteiger partial charge in [0.05, 0.1) is 13.2 Å². The quantitative estimate of drug-likeness (QED) is 0.0303. The van der Waals surface area contributed by atoms with Crippen molar-refractivity contribution < 1.29 is 47.8 Å². The van der Waals surface area contributed by atoms with E-state index < -0.39 is 57.6 Å². The molecule has 12 heteroatoms. The number of carboxylic acid groups (broad SMARTS) is 1. The van der Waals surface area contributed by atoms with Gasteiger partial charge in [-0.05, 0) is 44.9 Å². The van der Waals surface area contributed by atoms with Gasteiger partial charge in [-0.15, -0.1) is 0 Å². The molecule has 0 aromatic heterocycles. The number of carboxylic acids is 1. The molecule has 0 saturated carbocycles. The SMILES string of the molecule is CC/C=C\C/C=C\C/C=C\CCCCCCCC(=O)OCC(O)COP(=O)(O)OCC(NC(=O)CCCCCCC)C(=O)O. The van der Waals surface area contributed by atoms with Crippen LogP contribution in [-0.2, 0) is 32.7 Å². The summed E-state index contributed by atoms with van der Waals surface area (Å²) in [7, 11) is -4.74. The molecule has 0 rings (SSSR count). The van der Waals surface area contributed by atoms with Crippen LogP contribution in [0.1, 0.15) is 117 Å². The maximum atomic E-state index is 12.1. The second-order valence-electron chi connectivity index (χ2n) is 10.6. The molecule has 11 nitrogen and oxygen atoms in total. The zero-order valence-electron chi connectivity index (χ0n) is 26.7. The highest BCUT2D eigenvalue weighted by atomic mass is 31.2. The van der Waals surface area contributed by atoms with Crippen LogP contribution in [0.5, 0.6) is 0 Å². The summed E-state index contributed by atoms with van der Waals surface area (Å²) < 4.78 is 26.5. The van der Waals surface area contributed by atoms with Gasteiger partial charge < -0.3 is 25.2 Å². The Morgan fingerprint density at radius 3 is 1.98 bits per heavy atom. The van der Waals surface area contributed by atoms with Gasteiger partial charge in [0.25, 0.3) is 0 Å². The molecule has 1 amide bonds. The fourth-order valence-corrected chi connectivity index (χ4v) is 4.69. The molecule has 0 saturated heterocycles. The number of hydrogen-bond donors (Lipinski definition) is 4. The molecular formula is C32H56NO10P. The summed E-state index contributed by atoms with van der Waals surface area (Å²) in [6.07, 6.45) is 25.3. The summed E-state index contributed by atoms with van der Waals surface area (Å²) in [4.78, 5) is 45.1. The van der Waals surface area contributed by atoms with Crippen LogP contribution in [0.3, 0.4) is 0 Å². The minimum Gasteiger partial charge on any atom is -0.480 e. The van der Waals surface area contributed by atoms with Gasteiger partial charge in [0.15, 0.2) is 6.04 Å². The molecule has 0 aromatic rings. The van der Waals surface area contributed by atoms with Crippen molar-refractivity contribution >= 4 is 25.7 Å². The number of ether oxygens (including phenoxy) is 1. The molecule has 0 aliphatic rings. The predicted molar refractivity (Wildman–Crippen MR) is 171 cm³/mol. The van der Waals surface area contributed by atoms with Crippen molar-refractivity contribution in [3.8, 4) is 0 Å². The molecule has 0 bridgehead atoms. The number of esters is 1. The Hall–Kier alpha value is -2.30. The van der Waals surface area contributed by atoms with E-state index in [1.165, 1.54) is 0 Å². The molecule has 3 atom stereocenters. The zero-order chi connectivity index (χ0) is 32.9. The van der Waals surface area contributed by atoms with Crippen LogP contribution in [0, 0.1) is 0 Å². The number of nitrogens with one attached hydrogen (secondary N) is 1. The molecular weight excluding hydrogens is 589 g/mol. The average molecular weight is 646 g/mol. The second kappa shape index (κ2) is 28.2. The molecule has 0 spiro atoms. The molecule has 4 N–H and O–H groups in total. The number of aliphatic hydroxyl groups is 1.